The van der Waals surface area contributed by atoms with Gasteiger partial charge in [0.25, 0.3) is 0 Å². The number of thioether (sulfide) groups is 1. The molecule has 0 aliphatic rings. The minimum Gasteiger partial charge on any atom is -0.384 e. The maximum Gasteiger partial charge on any atom is 0.213 e. The van der Waals surface area contributed by atoms with Gasteiger partial charge in [0.05, 0.1) is 0 Å². The van der Waals surface area contributed by atoms with E-state index in [9.17, 15) is 0 Å². The summed E-state index contributed by atoms with van der Waals surface area (Å²) in [5.74, 6) is 5.25. The number of aromatic nitrogens is 3. The van der Waals surface area contributed by atoms with Crippen LogP contribution >= 0.6 is 60.6 Å². The number of hydrogen-bond donors (Lipinski definition) is 5. The van der Waals surface area contributed by atoms with E-state index in [4.69, 9.17) is 17.3 Å². The number of nitrogen functional groups attached to an aromatic ring is 1. The van der Waals surface area contributed by atoms with E-state index in [1.54, 1.807) is 0 Å². The Morgan fingerprint density at radius 3 is 1.41 bits per heavy atom. The van der Waals surface area contributed by atoms with Gasteiger partial charge in [-0.15, -0.1) is 13.2 Å². The van der Waals surface area contributed by atoms with Gasteiger partial charge in [0.2, 0.25) is 9.54 Å². The Labute approximate surface area is 124 Å². The van der Waals surface area contributed by atoms with E-state index >= 15 is 0 Å². The van der Waals surface area contributed by atoms with Crippen LogP contribution in [-0.2, 0) is 0 Å². The lowest BCUT2D eigenvalue weighted by Gasteiger charge is -1.88. The van der Waals surface area contributed by atoms with E-state index in [2.05, 4.69) is 72.2 Å². The number of H-pyrrole nitrogens is 2. The van der Waals surface area contributed by atoms with Gasteiger partial charge in [-0.2, -0.15) is 0 Å². The summed E-state index contributed by atoms with van der Waals surface area (Å²) in [6.45, 7) is 6.00. The average molecular weight is 329 g/mol. The molecular formula is C6H12N6S5. The molecule has 0 atom stereocenters. The molecule has 96 valence electrons. The number of rotatable bonds is 0. The van der Waals surface area contributed by atoms with E-state index in [1.165, 1.54) is 4.68 Å². The maximum absolute atomic E-state index is 5.25. The smallest absolute Gasteiger partial charge is 0.213 e. The van der Waals surface area contributed by atoms with Crippen LogP contribution in [0.25, 0.3) is 0 Å². The van der Waals surface area contributed by atoms with Crippen LogP contribution in [0, 0.1) is 9.54 Å². The summed E-state index contributed by atoms with van der Waals surface area (Å²) in [5, 5.41) is 5.12. The second-order valence-electron chi connectivity index (χ2n) is 1.97. The van der Waals surface area contributed by atoms with Crippen LogP contribution in [0.1, 0.15) is 0 Å². The molecule has 0 fully saturated rings. The number of nitrogens with one attached hydrogen (secondary N) is 2. The summed E-state index contributed by atoms with van der Waals surface area (Å²) in [5.41, 5.74) is 10.0. The fourth-order valence-electron chi connectivity index (χ4n) is 0.419. The fourth-order valence-corrected chi connectivity index (χ4v) is 1.66. The van der Waals surface area contributed by atoms with E-state index in [1.807, 2.05) is 0 Å². The Bertz CT molecular complexity index is 430. The van der Waals surface area contributed by atoms with Crippen molar-refractivity contribution in [2.24, 2.45) is 11.5 Å². The normalized spacial score (nSPS) is 8.00. The highest BCUT2D eigenvalue weighted by Gasteiger charge is 1.89. The monoisotopic (exact) mass is 328 g/mol. The first-order valence-electron chi connectivity index (χ1n) is 3.76. The van der Waals surface area contributed by atoms with E-state index in [0.717, 1.165) is 11.8 Å². The van der Waals surface area contributed by atoms with Crippen molar-refractivity contribution in [2.45, 2.75) is 0 Å². The van der Waals surface area contributed by atoms with Gasteiger partial charge in [0.15, 0.2) is 0 Å². The maximum atomic E-state index is 5.25. The van der Waals surface area contributed by atoms with E-state index < -0.39 is 0 Å². The summed E-state index contributed by atoms with van der Waals surface area (Å²) < 4.78 is 2.52. The Kier molecular flexibility index (Phi) is 11.4. The number of nitrogens with two attached hydrogens (primary N) is 3. The third-order valence-corrected chi connectivity index (χ3v) is 2.42. The minimum atomic E-state index is 0.271. The lowest BCUT2D eigenvalue weighted by atomic mass is 11.2. The standard InChI is InChI=1S/C2H4N4S2.C2H4N2S3.C2H4/c3-6-1(7)4-5-2(6)8;3-1(5)7-2(4)6;1-2/h3H2,(H,4,7)(H,5,8);(H2,3,5)(H2,4,6);1-2H2. The van der Waals surface area contributed by atoms with E-state index in [-0.39, 0.29) is 8.64 Å². The molecule has 0 unspecified atom stereocenters. The zero-order valence-electron chi connectivity index (χ0n) is 8.63. The summed E-state index contributed by atoms with van der Waals surface area (Å²) in [4.78, 5) is 0. The van der Waals surface area contributed by atoms with Gasteiger partial charge >= 0.3 is 0 Å². The van der Waals surface area contributed by atoms with Crippen LogP contribution in [0.3, 0.4) is 0 Å². The van der Waals surface area contributed by atoms with Crippen molar-refractivity contribution in [3.63, 3.8) is 0 Å². The van der Waals surface area contributed by atoms with Gasteiger partial charge in [-0.05, 0) is 36.2 Å². The first-order chi connectivity index (χ1) is 7.84. The molecule has 0 spiro atoms. The van der Waals surface area contributed by atoms with Crippen molar-refractivity contribution in [1.82, 2.24) is 14.9 Å². The van der Waals surface area contributed by atoms with Crippen molar-refractivity contribution < 1.29 is 0 Å². The Morgan fingerprint density at radius 2 is 1.35 bits per heavy atom. The molecule has 1 aromatic heterocycles. The quantitative estimate of drug-likeness (QED) is 0.275. The van der Waals surface area contributed by atoms with Crippen LogP contribution in [-0.4, -0.2) is 23.5 Å². The lowest BCUT2D eigenvalue weighted by Crippen LogP contribution is -2.10. The van der Waals surface area contributed by atoms with Gasteiger partial charge < -0.3 is 17.3 Å². The SMILES string of the molecule is C=C.NC(=S)SC(N)=S.Nn1c(=S)[nH][nH]c1=S. The van der Waals surface area contributed by atoms with Crippen molar-refractivity contribution in [3.05, 3.63) is 22.7 Å². The summed E-state index contributed by atoms with van der Waals surface area (Å²) in [7, 11) is 0. The summed E-state index contributed by atoms with van der Waals surface area (Å²) >= 11 is 19.2. The van der Waals surface area contributed by atoms with Gasteiger partial charge in [0.1, 0.15) is 8.64 Å². The molecule has 0 aliphatic carbocycles. The largest absolute Gasteiger partial charge is 0.384 e. The lowest BCUT2D eigenvalue weighted by molar-refractivity contribution is 0.960. The van der Waals surface area contributed by atoms with E-state index in [0.29, 0.717) is 9.54 Å². The highest BCUT2D eigenvalue weighted by atomic mass is 32.2. The molecule has 8 N–H and O–H groups in total. The number of hydrogen-bond acceptors (Lipinski definition) is 6. The number of thiocarbonyl (C=S) groups is 2. The van der Waals surface area contributed by atoms with Crippen molar-refractivity contribution in [2.75, 3.05) is 5.84 Å². The third kappa shape index (κ3) is 10.1. The predicted molar refractivity (Wildman–Crippen MR) is 87.4 cm³/mol. The molecule has 11 heteroatoms. The molecule has 0 saturated heterocycles. The minimum absolute atomic E-state index is 0.271. The van der Waals surface area contributed by atoms with Crippen molar-refractivity contribution in [1.29, 1.82) is 0 Å². The fraction of sp³-hybridized carbons (Fsp3) is 0. The molecular weight excluding hydrogens is 316 g/mol. The second kappa shape index (κ2) is 10.4. The first kappa shape index (κ1) is 18.6. The predicted octanol–water partition coefficient (Wildman–Crippen LogP) is 1.33. The van der Waals surface area contributed by atoms with Crippen LogP contribution in [0.4, 0.5) is 0 Å². The Balaban J connectivity index is 0. The molecule has 1 heterocycles. The molecule has 0 aliphatic heterocycles. The van der Waals surface area contributed by atoms with Crippen LogP contribution in [0.5, 0.6) is 0 Å². The third-order valence-electron chi connectivity index (χ3n) is 0.915. The first-order valence-corrected chi connectivity index (χ1v) is 6.21. The molecule has 0 amide bonds. The van der Waals surface area contributed by atoms with Crippen LogP contribution in [0.2, 0.25) is 0 Å². The Hall–Kier alpha value is -0.750. The molecule has 6 nitrogen and oxygen atoms in total. The van der Waals surface area contributed by atoms with Gasteiger partial charge in [-0.3, -0.25) is 10.2 Å². The second-order valence-corrected chi connectivity index (χ2v) is 5.22. The molecule has 17 heavy (non-hydrogen) atoms. The molecule has 0 aromatic carbocycles. The molecule has 0 radical (unpaired) electrons. The highest BCUT2D eigenvalue weighted by Crippen LogP contribution is 1.96. The highest BCUT2D eigenvalue weighted by molar-refractivity contribution is 8.37. The summed E-state index contributed by atoms with van der Waals surface area (Å²) in [6, 6.07) is 0. The number of aromatic amines is 2. The van der Waals surface area contributed by atoms with Crippen LogP contribution in [0.15, 0.2) is 13.2 Å². The van der Waals surface area contributed by atoms with Gasteiger partial charge in [-0.25, -0.2) is 4.68 Å². The van der Waals surface area contributed by atoms with Crippen LogP contribution < -0.4 is 17.3 Å². The Morgan fingerprint density at radius 1 is 1.06 bits per heavy atom. The summed E-state index contributed by atoms with van der Waals surface area (Å²) in [6.07, 6.45) is 0. The van der Waals surface area contributed by atoms with Crippen molar-refractivity contribution >= 4 is 69.3 Å². The van der Waals surface area contributed by atoms with Gasteiger partial charge in [-0.1, -0.05) is 24.4 Å². The topological polar surface area (TPSA) is 115 Å². The van der Waals surface area contributed by atoms with Gasteiger partial charge in [0, 0.05) is 0 Å². The van der Waals surface area contributed by atoms with Crippen molar-refractivity contribution in [3.8, 4) is 0 Å². The average Bonchev–Trinajstić information content (AvgIpc) is 2.51. The molecule has 0 saturated carbocycles. The zero-order chi connectivity index (χ0) is 14.0. The number of nitrogens with zero attached hydrogens (tertiary/aromatic N) is 1. The molecule has 0 bridgehead atoms. The zero-order valence-corrected chi connectivity index (χ0v) is 12.7. The molecule has 1 aromatic rings. The molecule has 1 rings (SSSR count).